The fraction of sp³-hybridized carbons (Fsp3) is 0. The molecule has 2 rings (SSSR count). The van der Waals surface area contributed by atoms with Crippen LogP contribution in [-0.2, 0) is 0 Å². The van der Waals surface area contributed by atoms with E-state index >= 15 is 0 Å². The van der Waals surface area contributed by atoms with E-state index in [1.807, 2.05) is 0 Å². The molecule has 17 heavy (non-hydrogen) atoms. The van der Waals surface area contributed by atoms with Crippen molar-refractivity contribution in [2.75, 3.05) is 0 Å². The molecule has 0 bridgehead atoms. The molecule has 0 aliphatic heterocycles. The molecule has 7 heteroatoms. The third-order valence-electron chi connectivity index (χ3n) is 2.14. The van der Waals surface area contributed by atoms with Gasteiger partial charge in [-0.05, 0) is 18.2 Å². The van der Waals surface area contributed by atoms with Gasteiger partial charge in [-0.25, -0.2) is 4.68 Å². The Morgan fingerprint density at radius 1 is 1.35 bits per heavy atom. The molecular formula is C10H8Cl2N4O. The molecule has 2 aromatic rings. The number of nitrogens with zero attached hydrogens (tertiary/aromatic N) is 3. The molecule has 0 fully saturated rings. The Morgan fingerprint density at radius 3 is 2.71 bits per heavy atom. The van der Waals surface area contributed by atoms with E-state index in [2.05, 4.69) is 10.3 Å². The first kappa shape index (κ1) is 11.8. The summed E-state index contributed by atoms with van der Waals surface area (Å²) in [5.74, 6) is -0.0247. The summed E-state index contributed by atoms with van der Waals surface area (Å²) in [6.07, 6.45) is 3.08. The minimum Gasteiger partial charge on any atom is -0.409 e. The summed E-state index contributed by atoms with van der Waals surface area (Å²) < 4.78 is 1.50. The van der Waals surface area contributed by atoms with Crippen LogP contribution in [0.1, 0.15) is 5.56 Å². The Balaban J connectivity index is 2.62. The Kier molecular flexibility index (Phi) is 3.21. The number of hydrogen-bond donors (Lipinski definition) is 2. The third-order valence-corrected chi connectivity index (χ3v) is 2.57. The van der Waals surface area contributed by atoms with Crippen molar-refractivity contribution in [1.29, 1.82) is 0 Å². The van der Waals surface area contributed by atoms with Crippen molar-refractivity contribution < 1.29 is 5.21 Å². The molecule has 1 aromatic heterocycles. The maximum atomic E-state index is 8.71. The smallest absolute Gasteiger partial charge is 0.172 e. The molecule has 0 radical (unpaired) electrons. The van der Waals surface area contributed by atoms with Crippen LogP contribution in [0.5, 0.6) is 0 Å². The fourth-order valence-electron chi connectivity index (χ4n) is 1.40. The van der Waals surface area contributed by atoms with Crippen molar-refractivity contribution in [1.82, 2.24) is 9.78 Å². The van der Waals surface area contributed by atoms with Crippen LogP contribution in [-0.4, -0.2) is 20.8 Å². The first-order valence-corrected chi connectivity index (χ1v) is 5.35. The van der Waals surface area contributed by atoms with E-state index in [-0.39, 0.29) is 5.84 Å². The summed E-state index contributed by atoms with van der Waals surface area (Å²) in [6, 6.07) is 4.93. The van der Waals surface area contributed by atoms with Crippen LogP contribution in [0.4, 0.5) is 0 Å². The standard InChI is InChI=1S/C10H8Cl2N4O/c11-6-1-2-8(10(13)15-17)9(3-6)16-5-7(12)4-14-16/h1-5,17H,(H2,13,15). The van der Waals surface area contributed by atoms with Gasteiger partial charge in [0.15, 0.2) is 5.84 Å². The van der Waals surface area contributed by atoms with E-state index in [0.29, 0.717) is 21.3 Å². The first-order valence-electron chi connectivity index (χ1n) is 4.60. The zero-order valence-corrected chi connectivity index (χ0v) is 10.0. The van der Waals surface area contributed by atoms with Gasteiger partial charge in [-0.3, -0.25) is 0 Å². The number of hydrogen-bond acceptors (Lipinski definition) is 3. The largest absolute Gasteiger partial charge is 0.409 e. The van der Waals surface area contributed by atoms with E-state index in [4.69, 9.17) is 34.1 Å². The van der Waals surface area contributed by atoms with Gasteiger partial charge in [0.25, 0.3) is 0 Å². The Hall–Kier alpha value is -1.72. The zero-order valence-electron chi connectivity index (χ0n) is 8.51. The van der Waals surface area contributed by atoms with E-state index in [1.54, 1.807) is 24.4 Å². The Bertz CT molecular complexity index is 579. The number of amidine groups is 1. The van der Waals surface area contributed by atoms with Crippen LogP contribution in [0.15, 0.2) is 35.7 Å². The summed E-state index contributed by atoms with van der Waals surface area (Å²) in [5, 5.41) is 16.7. The molecule has 5 nitrogen and oxygen atoms in total. The van der Waals surface area contributed by atoms with Crippen molar-refractivity contribution in [2.45, 2.75) is 0 Å². The number of oxime groups is 1. The molecule has 1 aromatic carbocycles. The lowest BCUT2D eigenvalue weighted by Gasteiger charge is -2.08. The van der Waals surface area contributed by atoms with Crippen LogP contribution < -0.4 is 5.73 Å². The highest BCUT2D eigenvalue weighted by molar-refractivity contribution is 6.31. The van der Waals surface area contributed by atoms with Gasteiger partial charge in [0, 0.05) is 16.8 Å². The minimum absolute atomic E-state index is 0.0247. The topological polar surface area (TPSA) is 76.4 Å². The van der Waals surface area contributed by atoms with Crippen molar-refractivity contribution >= 4 is 29.0 Å². The first-order chi connectivity index (χ1) is 8.11. The number of nitrogens with two attached hydrogens (primary N) is 1. The lowest BCUT2D eigenvalue weighted by atomic mass is 10.1. The normalized spacial score (nSPS) is 11.8. The molecule has 3 N–H and O–H groups in total. The van der Waals surface area contributed by atoms with Crippen molar-refractivity contribution in [3.63, 3.8) is 0 Å². The maximum Gasteiger partial charge on any atom is 0.172 e. The van der Waals surface area contributed by atoms with Crippen LogP contribution in [0.3, 0.4) is 0 Å². The molecule has 0 atom stereocenters. The lowest BCUT2D eigenvalue weighted by molar-refractivity contribution is 0.318. The predicted molar refractivity (Wildman–Crippen MR) is 66.1 cm³/mol. The Labute approximate surface area is 107 Å². The second-order valence-electron chi connectivity index (χ2n) is 3.25. The van der Waals surface area contributed by atoms with E-state index in [1.165, 1.54) is 10.9 Å². The Morgan fingerprint density at radius 2 is 2.12 bits per heavy atom. The molecule has 0 spiro atoms. The predicted octanol–water partition coefficient (Wildman–Crippen LogP) is 2.27. The van der Waals surface area contributed by atoms with Crippen LogP contribution in [0.25, 0.3) is 5.69 Å². The highest BCUT2D eigenvalue weighted by Gasteiger charge is 2.10. The van der Waals surface area contributed by atoms with Gasteiger partial charge in [0.2, 0.25) is 0 Å². The van der Waals surface area contributed by atoms with E-state index in [9.17, 15) is 0 Å². The second-order valence-corrected chi connectivity index (χ2v) is 4.12. The molecule has 0 aliphatic carbocycles. The van der Waals surface area contributed by atoms with Crippen LogP contribution in [0.2, 0.25) is 10.0 Å². The van der Waals surface area contributed by atoms with Crippen LogP contribution in [0, 0.1) is 0 Å². The van der Waals surface area contributed by atoms with Gasteiger partial charge < -0.3 is 10.9 Å². The number of halogens is 2. The lowest BCUT2D eigenvalue weighted by Crippen LogP contribution is -2.16. The number of aromatic nitrogens is 2. The van der Waals surface area contributed by atoms with Gasteiger partial charge in [-0.2, -0.15) is 5.10 Å². The third kappa shape index (κ3) is 2.35. The molecule has 0 saturated heterocycles. The van der Waals surface area contributed by atoms with Gasteiger partial charge in [0.1, 0.15) is 0 Å². The molecule has 1 heterocycles. The quantitative estimate of drug-likeness (QED) is 0.380. The average Bonchev–Trinajstić information content (AvgIpc) is 2.75. The average molecular weight is 271 g/mol. The monoisotopic (exact) mass is 270 g/mol. The highest BCUT2D eigenvalue weighted by Crippen LogP contribution is 2.20. The summed E-state index contributed by atoms with van der Waals surface area (Å²) in [7, 11) is 0. The van der Waals surface area contributed by atoms with Gasteiger partial charge in [0.05, 0.1) is 16.9 Å². The molecule has 0 aliphatic rings. The molecule has 88 valence electrons. The SMILES string of the molecule is NC(=NO)c1ccc(Cl)cc1-n1cc(Cl)cn1. The van der Waals surface area contributed by atoms with Crippen molar-refractivity contribution in [3.05, 3.63) is 46.2 Å². The second kappa shape index (κ2) is 4.65. The fourth-order valence-corrected chi connectivity index (χ4v) is 1.70. The molecule has 0 saturated carbocycles. The van der Waals surface area contributed by atoms with E-state index in [0.717, 1.165) is 0 Å². The minimum atomic E-state index is -0.0247. The zero-order chi connectivity index (χ0) is 12.4. The van der Waals surface area contributed by atoms with Gasteiger partial charge in [-0.15, -0.1) is 0 Å². The summed E-state index contributed by atoms with van der Waals surface area (Å²) >= 11 is 11.7. The maximum absolute atomic E-state index is 8.71. The van der Waals surface area contributed by atoms with Crippen molar-refractivity contribution in [3.8, 4) is 5.69 Å². The number of rotatable bonds is 2. The highest BCUT2D eigenvalue weighted by atomic mass is 35.5. The van der Waals surface area contributed by atoms with E-state index < -0.39 is 0 Å². The molecule has 0 amide bonds. The summed E-state index contributed by atoms with van der Waals surface area (Å²) in [4.78, 5) is 0. The summed E-state index contributed by atoms with van der Waals surface area (Å²) in [6.45, 7) is 0. The molecular weight excluding hydrogens is 263 g/mol. The van der Waals surface area contributed by atoms with Gasteiger partial charge in [-0.1, -0.05) is 28.4 Å². The molecule has 0 unspecified atom stereocenters. The number of benzene rings is 1. The van der Waals surface area contributed by atoms with Gasteiger partial charge >= 0.3 is 0 Å². The van der Waals surface area contributed by atoms with Crippen LogP contribution >= 0.6 is 23.2 Å². The summed E-state index contributed by atoms with van der Waals surface area (Å²) in [5.41, 5.74) is 6.67. The van der Waals surface area contributed by atoms with Crippen molar-refractivity contribution in [2.24, 2.45) is 10.9 Å².